The molecule has 2 aromatic rings. The molecule has 0 saturated carbocycles. The zero-order chi connectivity index (χ0) is 14.8. The number of nitrogens with one attached hydrogen (secondary N) is 1. The van der Waals surface area contributed by atoms with Gasteiger partial charge in [0.25, 0.3) is 0 Å². The number of ether oxygens (including phenoxy) is 2. The Balaban J connectivity index is 1.75. The Hall–Kier alpha value is -2.00. The fraction of sp³-hybridized carbons (Fsp3) is 0.333. The number of rotatable bonds is 9. The van der Waals surface area contributed by atoms with Crippen molar-refractivity contribution in [3.63, 3.8) is 0 Å². The fourth-order valence-corrected chi connectivity index (χ4v) is 2.05. The first kappa shape index (κ1) is 15.4. The van der Waals surface area contributed by atoms with E-state index in [1.54, 1.807) is 0 Å². The van der Waals surface area contributed by atoms with Crippen molar-refractivity contribution < 1.29 is 9.47 Å². The van der Waals surface area contributed by atoms with Crippen LogP contribution in [0.15, 0.2) is 54.6 Å². The molecule has 0 aromatic heterocycles. The molecule has 0 fully saturated rings. The highest BCUT2D eigenvalue weighted by atomic mass is 16.5. The molecule has 2 aromatic carbocycles. The fourth-order valence-electron chi connectivity index (χ4n) is 2.05. The summed E-state index contributed by atoms with van der Waals surface area (Å²) in [5.41, 5.74) is 2.42. The second-order valence-corrected chi connectivity index (χ2v) is 4.74. The van der Waals surface area contributed by atoms with Gasteiger partial charge in [-0.2, -0.15) is 0 Å². The molecule has 0 atom stereocenters. The number of benzene rings is 2. The Kier molecular flexibility index (Phi) is 6.62. The van der Waals surface area contributed by atoms with Crippen molar-refractivity contribution in [3.8, 4) is 5.75 Å². The van der Waals surface area contributed by atoms with E-state index in [1.807, 2.05) is 31.2 Å². The van der Waals surface area contributed by atoms with Crippen molar-refractivity contribution >= 4 is 5.69 Å². The van der Waals surface area contributed by atoms with Crippen LogP contribution in [0.25, 0.3) is 0 Å². The van der Waals surface area contributed by atoms with E-state index in [9.17, 15) is 0 Å². The van der Waals surface area contributed by atoms with Gasteiger partial charge in [-0.05, 0) is 31.0 Å². The van der Waals surface area contributed by atoms with Crippen LogP contribution in [0.2, 0.25) is 0 Å². The largest absolute Gasteiger partial charge is 0.491 e. The predicted molar refractivity (Wildman–Crippen MR) is 87.1 cm³/mol. The third kappa shape index (κ3) is 5.88. The van der Waals surface area contributed by atoms with Crippen molar-refractivity contribution in [2.75, 3.05) is 31.7 Å². The standard InChI is InChI=1S/C18H23NO2/c1-2-20-13-14-21-18-10-6-9-17(15-18)19-12-11-16-7-4-3-5-8-16/h3-10,15,19H,2,11-14H2,1H3. The molecule has 0 amide bonds. The minimum Gasteiger partial charge on any atom is -0.491 e. The summed E-state index contributed by atoms with van der Waals surface area (Å²) >= 11 is 0. The maximum absolute atomic E-state index is 5.65. The van der Waals surface area contributed by atoms with Crippen molar-refractivity contribution in [1.29, 1.82) is 0 Å². The molecule has 0 radical (unpaired) electrons. The summed E-state index contributed by atoms with van der Waals surface area (Å²) in [6, 6.07) is 18.5. The molecular weight excluding hydrogens is 262 g/mol. The van der Waals surface area contributed by atoms with Gasteiger partial charge in [0, 0.05) is 24.9 Å². The molecule has 0 spiro atoms. The third-order valence-corrected chi connectivity index (χ3v) is 3.12. The summed E-state index contributed by atoms with van der Waals surface area (Å²) in [5.74, 6) is 0.874. The smallest absolute Gasteiger partial charge is 0.121 e. The van der Waals surface area contributed by atoms with E-state index >= 15 is 0 Å². The zero-order valence-electron chi connectivity index (χ0n) is 12.5. The maximum Gasteiger partial charge on any atom is 0.121 e. The van der Waals surface area contributed by atoms with Gasteiger partial charge in [0.1, 0.15) is 12.4 Å². The molecule has 0 heterocycles. The van der Waals surface area contributed by atoms with Crippen molar-refractivity contribution in [2.45, 2.75) is 13.3 Å². The van der Waals surface area contributed by atoms with Gasteiger partial charge < -0.3 is 14.8 Å². The minimum absolute atomic E-state index is 0.585. The highest BCUT2D eigenvalue weighted by Gasteiger charge is 1.97. The third-order valence-electron chi connectivity index (χ3n) is 3.12. The zero-order valence-corrected chi connectivity index (χ0v) is 12.5. The summed E-state index contributed by atoms with van der Waals surface area (Å²) in [5, 5.41) is 3.42. The first-order valence-electron chi connectivity index (χ1n) is 7.47. The predicted octanol–water partition coefficient (Wildman–Crippen LogP) is 3.76. The Bertz CT molecular complexity index is 514. The molecule has 21 heavy (non-hydrogen) atoms. The Labute approximate surface area is 126 Å². The van der Waals surface area contributed by atoms with Gasteiger partial charge in [-0.15, -0.1) is 0 Å². The summed E-state index contributed by atoms with van der Waals surface area (Å²) in [6.07, 6.45) is 1.01. The summed E-state index contributed by atoms with van der Waals surface area (Å²) in [4.78, 5) is 0. The molecular formula is C18H23NO2. The lowest BCUT2D eigenvalue weighted by Gasteiger charge is -2.10. The maximum atomic E-state index is 5.65. The van der Waals surface area contributed by atoms with E-state index in [1.165, 1.54) is 5.56 Å². The van der Waals surface area contributed by atoms with Crippen molar-refractivity contribution in [2.24, 2.45) is 0 Å². The van der Waals surface area contributed by atoms with Crippen LogP contribution < -0.4 is 10.1 Å². The monoisotopic (exact) mass is 285 g/mol. The van der Waals surface area contributed by atoms with E-state index in [0.29, 0.717) is 13.2 Å². The summed E-state index contributed by atoms with van der Waals surface area (Å²) in [6.45, 7) is 4.83. The molecule has 112 valence electrons. The average molecular weight is 285 g/mol. The van der Waals surface area contributed by atoms with Crippen LogP contribution in [0, 0.1) is 0 Å². The second kappa shape index (κ2) is 9.03. The van der Waals surface area contributed by atoms with Gasteiger partial charge >= 0.3 is 0 Å². The lowest BCUT2D eigenvalue weighted by molar-refractivity contribution is 0.110. The van der Waals surface area contributed by atoms with Crippen LogP contribution in [-0.4, -0.2) is 26.4 Å². The van der Waals surface area contributed by atoms with E-state index in [4.69, 9.17) is 9.47 Å². The Morgan fingerprint density at radius 2 is 1.81 bits per heavy atom. The van der Waals surface area contributed by atoms with E-state index in [2.05, 4.69) is 35.6 Å². The first-order chi connectivity index (χ1) is 10.4. The lowest BCUT2D eigenvalue weighted by Crippen LogP contribution is -2.07. The topological polar surface area (TPSA) is 30.5 Å². The highest BCUT2D eigenvalue weighted by molar-refractivity contribution is 5.48. The van der Waals surface area contributed by atoms with E-state index < -0.39 is 0 Å². The Morgan fingerprint density at radius 3 is 2.62 bits per heavy atom. The van der Waals surface area contributed by atoms with Gasteiger partial charge in [0.15, 0.2) is 0 Å². The molecule has 0 aliphatic carbocycles. The van der Waals surface area contributed by atoms with Crippen LogP contribution in [0.5, 0.6) is 5.75 Å². The summed E-state index contributed by atoms with van der Waals surface area (Å²) in [7, 11) is 0. The van der Waals surface area contributed by atoms with Crippen molar-refractivity contribution in [3.05, 3.63) is 60.2 Å². The van der Waals surface area contributed by atoms with Gasteiger partial charge in [-0.3, -0.25) is 0 Å². The van der Waals surface area contributed by atoms with Crippen molar-refractivity contribution in [1.82, 2.24) is 0 Å². The molecule has 0 aliphatic heterocycles. The van der Waals surface area contributed by atoms with Crippen LogP contribution in [-0.2, 0) is 11.2 Å². The molecule has 0 unspecified atom stereocenters. The van der Waals surface area contributed by atoms with Crippen LogP contribution in [0.3, 0.4) is 0 Å². The average Bonchev–Trinajstić information content (AvgIpc) is 2.53. The molecule has 2 rings (SSSR count). The van der Waals surface area contributed by atoms with Gasteiger partial charge in [0.2, 0.25) is 0 Å². The Morgan fingerprint density at radius 1 is 0.952 bits per heavy atom. The molecule has 3 heteroatoms. The molecule has 0 bridgehead atoms. The number of anilines is 1. The SMILES string of the molecule is CCOCCOc1cccc(NCCc2ccccc2)c1. The quantitative estimate of drug-likeness (QED) is 0.712. The molecule has 3 nitrogen and oxygen atoms in total. The van der Waals surface area contributed by atoms with Crippen LogP contribution in [0.1, 0.15) is 12.5 Å². The number of hydrogen-bond donors (Lipinski definition) is 1. The highest BCUT2D eigenvalue weighted by Crippen LogP contribution is 2.17. The van der Waals surface area contributed by atoms with Crippen LogP contribution in [0.4, 0.5) is 5.69 Å². The van der Waals surface area contributed by atoms with Gasteiger partial charge in [-0.1, -0.05) is 36.4 Å². The van der Waals surface area contributed by atoms with Gasteiger partial charge in [0.05, 0.1) is 6.61 Å². The minimum atomic E-state index is 0.585. The second-order valence-electron chi connectivity index (χ2n) is 4.74. The molecule has 1 N–H and O–H groups in total. The van der Waals surface area contributed by atoms with E-state index in [0.717, 1.165) is 31.0 Å². The summed E-state index contributed by atoms with van der Waals surface area (Å²) < 4.78 is 10.9. The van der Waals surface area contributed by atoms with Crippen LogP contribution >= 0.6 is 0 Å². The first-order valence-corrected chi connectivity index (χ1v) is 7.47. The number of hydrogen-bond acceptors (Lipinski definition) is 3. The van der Waals surface area contributed by atoms with E-state index in [-0.39, 0.29) is 0 Å². The van der Waals surface area contributed by atoms with Gasteiger partial charge in [-0.25, -0.2) is 0 Å². The lowest BCUT2D eigenvalue weighted by atomic mass is 10.1. The molecule has 0 saturated heterocycles. The normalized spacial score (nSPS) is 10.3. The molecule has 0 aliphatic rings.